The van der Waals surface area contributed by atoms with Gasteiger partial charge in [-0.3, -0.25) is 0 Å². The maximum atomic E-state index is 4.53. The van der Waals surface area contributed by atoms with Crippen molar-refractivity contribution in [2.24, 2.45) is 0 Å². The summed E-state index contributed by atoms with van der Waals surface area (Å²) in [4.78, 5) is 4.53. The number of benzene rings is 1. The number of rotatable bonds is 6. The molecule has 3 heteroatoms. The fraction of sp³-hybridized carbons (Fsp3) is 0.400. The van der Waals surface area contributed by atoms with Gasteiger partial charge in [0, 0.05) is 11.9 Å². The highest BCUT2D eigenvalue weighted by molar-refractivity contribution is 7.09. The Labute approximate surface area is 113 Å². The lowest BCUT2D eigenvalue weighted by molar-refractivity contribution is 0.581. The molecule has 0 aliphatic heterocycles. The SMILES string of the molecule is CNCC(CCc1csc(C)n1)c1ccccc1. The standard InChI is InChI=1S/C15H20N2S/c1-12-17-15(11-18-12)9-8-14(10-16-2)13-6-4-3-5-7-13/h3-7,11,14,16H,8-10H2,1-2H3. The molecule has 18 heavy (non-hydrogen) atoms. The molecule has 96 valence electrons. The van der Waals surface area contributed by atoms with Crippen LogP contribution in [0.25, 0.3) is 0 Å². The molecule has 0 bridgehead atoms. The Morgan fingerprint density at radius 3 is 2.67 bits per heavy atom. The largest absolute Gasteiger partial charge is 0.319 e. The molecule has 0 spiro atoms. The van der Waals surface area contributed by atoms with Gasteiger partial charge < -0.3 is 5.32 Å². The highest BCUT2D eigenvalue weighted by Gasteiger charge is 2.11. The Balaban J connectivity index is 1.98. The summed E-state index contributed by atoms with van der Waals surface area (Å²) in [6.45, 7) is 3.09. The number of aryl methyl sites for hydroxylation is 2. The Morgan fingerprint density at radius 1 is 1.28 bits per heavy atom. The Kier molecular flexibility index (Phi) is 4.90. The normalized spacial score (nSPS) is 12.6. The van der Waals surface area contributed by atoms with Gasteiger partial charge in [0.25, 0.3) is 0 Å². The van der Waals surface area contributed by atoms with Gasteiger partial charge in [0.05, 0.1) is 10.7 Å². The van der Waals surface area contributed by atoms with Gasteiger partial charge in [-0.25, -0.2) is 4.98 Å². The minimum absolute atomic E-state index is 0.568. The van der Waals surface area contributed by atoms with Crippen LogP contribution in [0.5, 0.6) is 0 Å². The molecule has 1 N–H and O–H groups in total. The molecule has 1 unspecified atom stereocenters. The fourth-order valence-electron chi connectivity index (χ4n) is 2.20. The van der Waals surface area contributed by atoms with Crippen LogP contribution in [-0.2, 0) is 6.42 Å². The molecule has 1 heterocycles. The molecule has 2 rings (SSSR count). The molecule has 0 saturated heterocycles. The smallest absolute Gasteiger partial charge is 0.0897 e. The van der Waals surface area contributed by atoms with Crippen LogP contribution in [0.15, 0.2) is 35.7 Å². The van der Waals surface area contributed by atoms with Gasteiger partial charge in [-0.1, -0.05) is 30.3 Å². The molecule has 2 aromatic rings. The number of hydrogen-bond acceptors (Lipinski definition) is 3. The molecule has 0 saturated carbocycles. The van der Waals surface area contributed by atoms with Crippen molar-refractivity contribution in [1.29, 1.82) is 0 Å². The number of nitrogens with zero attached hydrogens (tertiary/aromatic N) is 1. The van der Waals surface area contributed by atoms with E-state index in [1.165, 1.54) is 11.3 Å². The van der Waals surface area contributed by atoms with Gasteiger partial charge in [0.1, 0.15) is 0 Å². The first-order valence-corrected chi connectivity index (χ1v) is 7.28. The van der Waals surface area contributed by atoms with Crippen molar-refractivity contribution in [1.82, 2.24) is 10.3 Å². The van der Waals surface area contributed by atoms with Gasteiger partial charge in [0.2, 0.25) is 0 Å². The van der Waals surface area contributed by atoms with Crippen molar-refractivity contribution in [3.05, 3.63) is 52.0 Å². The predicted molar refractivity (Wildman–Crippen MR) is 78.3 cm³/mol. The quantitative estimate of drug-likeness (QED) is 0.861. The van der Waals surface area contributed by atoms with E-state index in [1.54, 1.807) is 11.3 Å². The van der Waals surface area contributed by atoms with E-state index >= 15 is 0 Å². The van der Waals surface area contributed by atoms with E-state index in [0.29, 0.717) is 5.92 Å². The van der Waals surface area contributed by atoms with Gasteiger partial charge >= 0.3 is 0 Å². The maximum Gasteiger partial charge on any atom is 0.0897 e. The van der Waals surface area contributed by atoms with Crippen molar-refractivity contribution >= 4 is 11.3 Å². The van der Waals surface area contributed by atoms with Gasteiger partial charge in [-0.15, -0.1) is 11.3 Å². The van der Waals surface area contributed by atoms with Crippen molar-refractivity contribution in [2.45, 2.75) is 25.7 Å². The zero-order valence-corrected chi connectivity index (χ0v) is 11.8. The monoisotopic (exact) mass is 260 g/mol. The number of likely N-dealkylation sites (N-methyl/N-ethyl adjacent to an activating group) is 1. The molecule has 1 aromatic heterocycles. The lowest BCUT2D eigenvalue weighted by Gasteiger charge is -2.16. The zero-order chi connectivity index (χ0) is 12.8. The topological polar surface area (TPSA) is 24.9 Å². The molecular weight excluding hydrogens is 240 g/mol. The predicted octanol–water partition coefficient (Wildman–Crippen LogP) is 3.39. The van der Waals surface area contributed by atoms with Crippen molar-refractivity contribution < 1.29 is 0 Å². The van der Waals surface area contributed by atoms with E-state index < -0.39 is 0 Å². The third-order valence-corrected chi connectivity index (χ3v) is 3.96. The summed E-state index contributed by atoms with van der Waals surface area (Å²) < 4.78 is 0. The first-order chi connectivity index (χ1) is 8.79. The molecule has 0 radical (unpaired) electrons. The van der Waals surface area contributed by atoms with Crippen LogP contribution in [-0.4, -0.2) is 18.6 Å². The highest BCUT2D eigenvalue weighted by atomic mass is 32.1. The molecule has 0 aliphatic rings. The first kappa shape index (κ1) is 13.2. The second kappa shape index (κ2) is 6.66. The van der Waals surface area contributed by atoms with E-state index in [9.17, 15) is 0 Å². The van der Waals surface area contributed by atoms with Crippen LogP contribution < -0.4 is 5.32 Å². The van der Waals surface area contributed by atoms with Crippen molar-refractivity contribution in [2.75, 3.05) is 13.6 Å². The highest BCUT2D eigenvalue weighted by Crippen LogP contribution is 2.21. The molecule has 0 amide bonds. The minimum atomic E-state index is 0.568. The summed E-state index contributed by atoms with van der Waals surface area (Å²) in [5.74, 6) is 0.568. The summed E-state index contributed by atoms with van der Waals surface area (Å²) in [7, 11) is 2.02. The zero-order valence-electron chi connectivity index (χ0n) is 11.0. The van der Waals surface area contributed by atoms with E-state index in [-0.39, 0.29) is 0 Å². The number of hydrogen-bond donors (Lipinski definition) is 1. The fourth-order valence-corrected chi connectivity index (χ4v) is 2.85. The first-order valence-electron chi connectivity index (χ1n) is 6.40. The second-order valence-electron chi connectivity index (χ2n) is 4.56. The maximum absolute atomic E-state index is 4.53. The van der Waals surface area contributed by atoms with Crippen molar-refractivity contribution in [3.8, 4) is 0 Å². The second-order valence-corrected chi connectivity index (χ2v) is 5.62. The molecule has 0 fully saturated rings. The Bertz CT molecular complexity index is 464. The van der Waals surface area contributed by atoms with Crippen LogP contribution in [0.3, 0.4) is 0 Å². The average Bonchev–Trinajstić information content (AvgIpc) is 2.81. The molecule has 2 nitrogen and oxygen atoms in total. The van der Waals surface area contributed by atoms with Gasteiger partial charge in [-0.05, 0) is 38.3 Å². The lowest BCUT2D eigenvalue weighted by atomic mass is 9.93. The van der Waals surface area contributed by atoms with Crippen molar-refractivity contribution in [3.63, 3.8) is 0 Å². The van der Waals surface area contributed by atoms with Crippen LogP contribution in [0.1, 0.15) is 28.6 Å². The summed E-state index contributed by atoms with van der Waals surface area (Å²) in [6, 6.07) is 10.7. The summed E-state index contributed by atoms with van der Waals surface area (Å²) >= 11 is 1.74. The average molecular weight is 260 g/mol. The van der Waals surface area contributed by atoms with Crippen LogP contribution in [0, 0.1) is 6.92 Å². The van der Waals surface area contributed by atoms with E-state index in [1.807, 2.05) is 7.05 Å². The molecule has 1 aromatic carbocycles. The number of thiazole rings is 1. The molecular formula is C15H20N2S. The molecule has 1 atom stereocenters. The lowest BCUT2D eigenvalue weighted by Crippen LogP contribution is -2.17. The third kappa shape index (κ3) is 3.65. The van der Waals surface area contributed by atoms with Crippen LogP contribution >= 0.6 is 11.3 Å². The van der Waals surface area contributed by atoms with E-state index in [2.05, 4.69) is 52.9 Å². The van der Waals surface area contributed by atoms with Crippen LogP contribution in [0.4, 0.5) is 0 Å². The summed E-state index contributed by atoms with van der Waals surface area (Å²) in [6.07, 6.45) is 2.21. The summed E-state index contributed by atoms with van der Waals surface area (Å²) in [5, 5.41) is 6.63. The Hall–Kier alpha value is -1.19. The van der Waals surface area contributed by atoms with E-state index in [0.717, 1.165) is 24.4 Å². The Morgan fingerprint density at radius 2 is 2.06 bits per heavy atom. The third-order valence-electron chi connectivity index (χ3n) is 3.14. The minimum Gasteiger partial charge on any atom is -0.319 e. The number of nitrogens with one attached hydrogen (secondary N) is 1. The molecule has 0 aliphatic carbocycles. The van der Waals surface area contributed by atoms with Crippen LogP contribution in [0.2, 0.25) is 0 Å². The van der Waals surface area contributed by atoms with Gasteiger partial charge in [0.15, 0.2) is 0 Å². The van der Waals surface area contributed by atoms with E-state index in [4.69, 9.17) is 0 Å². The van der Waals surface area contributed by atoms with Gasteiger partial charge in [-0.2, -0.15) is 0 Å². The number of aromatic nitrogens is 1. The summed E-state index contributed by atoms with van der Waals surface area (Å²) in [5.41, 5.74) is 2.65.